The van der Waals surface area contributed by atoms with Crippen LogP contribution in [0.4, 0.5) is 13.2 Å². The second-order valence-corrected chi connectivity index (χ2v) is 8.52. The van der Waals surface area contributed by atoms with Crippen LogP contribution in [0.3, 0.4) is 0 Å². The molecule has 0 radical (unpaired) electrons. The summed E-state index contributed by atoms with van der Waals surface area (Å²) in [6, 6.07) is 7.67. The van der Waals surface area contributed by atoms with Gasteiger partial charge in [-0.1, -0.05) is 12.1 Å². The first-order valence-electron chi connectivity index (χ1n) is 9.96. The van der Waals surface area contributed by atoms with Gasteiger partial charge in [0.2, 0.25) is 5.91 Å². The smallest absolute Gasteiger partial charge is 0.329 e. The Morgan fingerprint density at radius 1 is 1.09 bits per heavy atom. The molecule has 0 spiro atoms. The Labute approximate surface area is 189 Å². The molecule has 170 valence electrons. The summed E-state index contributed by atoms with van der Waals surface area (Å²) in [4.78, 5) is 42.4. The maximum atomic E-state index is 14.2. The molecule has 0 saturated carbocycles. The molecule has 0 aliphatic carbocycles. The lowest BCUT2D eigenvalue weighted by Gasteiger charge is -2.22. The zero-order valence-corrected chi connectivity index (χ0v) is 18.1. The number of H-pyrrole nitrogens is 1. The summed E-state index contributed by atoms with van der Waals surface area (Å²) in [6.07, 6.45) is 0.00588. The first-order chi connectivity index (χ1) is 15.7. The average molecular weight is 473 g/mol. The zero-order chi connectivity index (χ0) is 23.7. The second-order valence-electron chi connectivity index (χ2n) is 7.49. The fourth-order valence-electron chi connectivity index (χ4n) is 3.64. The summed E-state index contributed by atoms with van der Waals surface area (Å²) in [5, 5.41) is 4.29. The van der Waals surface area contributed by atoms with Crippen LogP contribution in [0.15, 0.2) is 63.5 Å². The van der Waals surface area contributed by atoms with Crippen molar-refractivity contribution in [3.8, 4) is 0 Å². The number of nitrogens with one attached hydrogen (secondary N) is 2. The van der Waals surface area contributed by atoms with Crippen molar-refractivity contribution in [1.29, 1.82) is 0 Å². The van der Waals surface area contributed by atoms with Crippen molar-refractivity contribution >= 4 is 28.1 Å². The van der Waals surface area contributed by atoms with Gasteiger partial charge in [-0.25, -0.2) is 22.5 Å². The molecule has 10 heteroatoms. The number of aromatic amines is 1. The van der Waals surface area contributed by atoms with E-state index in [9.17, 15) is 27.6 Å². The van der Waals surface area contributed by atoms with Gasteiger partial charge in [0.1, 0.15) is 23.5 Å². The number of benzene rings is 2. The molecule has 0 bridgehead atoms. The number of thiophene rings is 1. The van der Waals surface area contributed by atoms with Crippen LogP contribution >= 0.6 is 11.3 Å². The topological polar surface area (TPSA) is 84.0 Å². The van der Waals surface area contributed by atoms with Crippen LogP contribution in [0.5, 0.6) is 0 Å². The summed E-state index contributed by atoms with van der Waals surface area (Å²) < 4.78 is 41.9. The lowest BCUT2D eigenvalue weighted by atomic mass is 10.1. The van der Waals surface area contributed by atoms with Crippen molar-refractivity contribution in [1.82, 2.24) is 14.9 Å². The molecule has 0 unspecified atom stereocenters. The maximum Gasteiger partial charge on any atom is 0.329 e. The van der Waals surface area contributed by atoms with E-state index in [1.54, 1.807) is 17.5 Å². The van der Waals surface area contributed by atoms with Gasteiger partial charge in [0, 0.05) is 22.9 Å². The maximum absolute atomic E-state index is 14.2. The molecule has 0 fully saturated rings. The van der Waals surface area contributed by atoms with Gasteiger partial charge in [-0.2, -0.15) is 0 Å². The number of hydrogen-bond acceptors (Lipinski definition) is 4. The zero-order valence-electron chi connectivity index (χ0n) is 17.3. The molecule has 6 nitrogen and oxygen atoms in total. The Bertz CT molecular complexity index is 1450. The van der Waals surface area contributed by atoms with Crippen LogP contribution in [0.25, 0.3) is 10.9 Å². The summed E-state index contributed by atoms with van der Waals surface area (Å²) in [5.74, 6) is -2.98. The van der Waals surface area contributed by atoms with E-state index in [4.69, 9.17) is 0 Å². The monoisotopic (exact) mass is 473 g/mol. The van der Waals surface area contributed by atoms with E-state index in [-0.39, 0.29) is 22.9 Å². The van der Waals surface area contributed by atoms with Gasteiger partial charge in [0.05, 0.1) is 16.9 Å². The lowest BCUT2D eigenvalue weighted by Crippen LogP contribution is -2.46. The van der Waals surface area contributed by atoms with Crippen molar-refractivity contribution in [2.45, 2.75) is 25.4 Å². The highest BCUT2D eigenvalue weighted by molar-refractivity contribution is 7.09. The molecule has 2 atom stereocenters. The third kappa shape index (κ3) is 4.61. The van der Waals surface area contributed by atoms with E-state index in [1.807, 2.05) is 0 Å². The fraction of sp³-hybridized carbons (Fsp3) is 0.174. The molecule has 4 aromatic rings. The van der Waals surface area contributed by atoms with Gasteiger partial charge in [-0.05, 0) is 42.6 Å². The standard InChI is InChI=1S/C23H18F3N3O3S/c1-12(16-6-4-14(25)10-18(16)26)27-21(30)20(11-15-3-2-8-33-15)29-22(31)17-9-13(24)5-7-19(17)28-23(29)32/h2-10,12,20H,11H2,1H3,(H,27,30)(H,28,32)/t12-,20+/m1/s1. The molecule has 2 aromatic heterocycles. The second kappa shape index (κ2) is 9.07. The Morgan fingerprint density at radius 3 is 2.52 bits per heavy atom. The normalized spacial score (nSPS) is 13.1. The summed E-state index contributed by atoms with van der Waals surface area (Å²) >= 11 is 1.33. The molecular formula is C23H18F3N3O3S. The third-order valence-corrected chi connectivity index (χ3v) is 6.17. The van der Waals surface area contributed by atoms with Crippen molar-refractivity contribution in [2.75, 3.05) is 0 Å². The van der Waals surface area contributed by atoms with E-state index >= 15 is 0 Å². The summed E-state index contributed by atoms with van der Waals surface area (Å²) in [6.45, 7) is 1.50. The highest BCUT2D eigenvalue weighted by Gasteiger charge is 2.28. The molecule has 2 N–H and O–H groups in total. The van der Waals surface area contributed by atoms with Gasteiger partial charge in [-0.3, -0.25) is 9.59 Å². The van der Waals surface area contributed by atoms with Crippen molar-refractivity contribution < 1.29 is 18.0 Å². The van der Waals surface area contributed by atoms with Crippen LogP contribution in [-0.2, 0) is 11.2 Å². The van der Waals surface area contributed by atoms with Crippen molar-refractivity contribution in [2.24, 2.45) is 0 Å². The predicted molar refractivity (Wildman–Crippen MR) is 119 cm³/mol. The Balaban J connectivity index is 1.76. The first kappa shape index (κ1) is 22.5. The third-order valence-electron chi connectivity index (χ3n) is 5.27. The van der Waals surface area contributed by atoms with E-state index in [1.165, 1.54) is 30.4 Å². The van der Waals surface area contributed by atoms with Crippen LogP contribution in [-0.4, -0.2) is 15.5 Å². The van der Waals surface area contributed by atoms with Crippen molar-refractivity contribution in [3.05, 3.63) is 103 Å². The number of fused-ring (bicyclic) bond motifs is 1. The minimum absolute atomic E-state index is 0.00588. The molecule has 0 aliphatic rings. The predicted octanol–water partition coefficient (Wildman–Crippen LogP) is 3.83. The highest BCUT2D eigenvalue weighted by Crippen LogP contribution is 2.21. The van der Waals surface area contributed by atoms with E-state index in [0.29, 0.717) is 6.07 Å². The molecule has 2 heterocycles. The van der Waals surface area contributed by atoms with Gasteiger partial charge >= 0.3 is 5.69 Å². The first-order valence-corrected chi connectivity index (χ1v) is 10.8. The Hall–Kier alpha value is -3.66. The molecule has 0 saturated heterocycles. The van der Waals surface area contributed by atoms with Gasteiger partial charge in [0.25, 0.3) is 5.56 Å². The summed E-state index contributed by atoms with van der Waals surface area (Å²) in [7, 11) is 0. The van der Waals surface area contributed by atoms with Crippen molar-refractivity contribution in [3.63, 3.8) is 0 Å². The molecule has 33 heavy (non-hydrogen) atoms. The van der Waals surface area contributed by atoms with Crippen LogP contribution in [0, 0.1) is 17.5 Å². The van der Waals surface area contributed by atoms with E-state index in [2.05, 4.69) is 10.3 Å². The number of aromatic nitrogens is 2. The molecule has 4 rings (SSSR count). The number of nitrogens with zero attached hydrogens (tertiary/aromatic N) is 1. The molecular weight excluding hydrogens is 455 g/mol. The van der Waals surface area contributed by atoms with E-state index < -0.39 is 46.7 Å². The largest absolute Gasteiger partial charge is 0.348 e. The van der Waals surface area contributed by atoms with E-state index in [0.717, 1.165) is 27.6 Å². The average Bonchev–Trinajstić information content (AvgIpc) is 3.26. The number of hydrogen-bond donors (Lipinski definition) is 2. The van der Waals surface area contributed by atoms with Crippen LogP contribution < -0.4 is 16.6 Å². The minimum Gasteiger partial charge on any atom is -0.348 e. The minimum atomic E-state index is -1.29. The highest BCUT2D eigenvalue weighted by atomic mass is 32.1. The SMILES string of the molecule is C[C@@H](NC(=O)[C@H](Cc1cccs1)n1c(=O)[nH]c2ccc(F)cc2c1=O)c1ccc(F)cc1F. The molecule has 2 aromatic carbocycles. The summed E-state index contributed by atoms with van der Waals surface area (Å²) in [5.41, 5.74) is -1.48. The van der Waals surface area contributed by atoms with Gasteiger partial charge in [0.15, 0.2) is 0 Å². The number of carbonyl (C=O) groups excluding carboxylic acids is 1. The quantitative estimate of drug-likeness (QED) is 0.447. The van der Waals surface area contributed by atoms with Crippen LogP contribution in [0.1, 0.15) is 29.4 Å². The Kier molecular flexibility index (Phi) is 6.19. The Morgan fingerprint density at radius 2 is 1.82 bits per heavy atom. The number of rotatable bonds is 6. The lowest BCUT2D eigenvalue weighted by molar-refractivity contribution is -0.125. The molecule has 0 aliphatic heterocycles. The van der Waals surface area contributed by atoms with Gasteiger partial charge in [-0.15, -0.1) is 11.3 Å². The number of carbonyl (C=O) groups is 1. The van der Waals surface area contributed by atoms with Crippen LogP contribution in [0.2, 0.25) is 0 Å². The fourth-order valence-corrected chi connectivity index (χ4v) is 4.39. The molecule has 1 amide bonds. The number of halogens is 3. The number of amides is 1. The van der Waals surface area contributed by atoms with Gasteiger partial charge < -0.3 is 10.3 Å².